The number of carbonyl (C=O) groups is 1. The Bertz CT molecular complexity index is 671. The Labute approximate surface area is 141 Å². The van der Waals surface area contributed by atoms with E-state index in [-0.39, 0.29) is 11.7 Å². The van der Waals surface area contributed by atoms with Gasteiger partial charge in [-0.1, -0.05) is 38.1 Å². The van der Waals surface area contributed by atoms with E-state index in [2.05, 4.69) is 5.32 Å². The maximum Gasteiger partial charge on any atom is 0.320 e. The molecule has 0 fully saturated rings. The average molecular weight is 331 g/mol. The maximum atomic E-state index is 12.9. The third kappa shape index (κ3) is 5.35. The topological polar surface area (TPSA) is 58.6 Å². The van der Waals surface area contributed by atoms with E-state index >= 15 is 0 Å². The highest BCUT2D eigenvalue weighted by Crippen LogP contribution is 2.16. The molecule has 5 heteroatoms. The van der Waals surface area contributed by atoms with Crippen LogP contribution in [0.5, 0.6) is 5.75 Å². The van der Waals surface area contributed by atoms with E-state index < -0.39 is 12.0 Å². The van der Waals surface area contributed by atoms with Crippen LogP contribution in [0.2, 0.25) is 0 Å². The van der Waals surface area contributed by atoms with Gasteiger partial charge in [-0.15, -0.1) is 0 Å². The molecule has 0 saturated carbocycles. The first-order chi connectivity index (χ1) is 11.5. The number of halogens is 1. The normalized spacial score (nSPS) is 12.2. The van der Waals surface area contributed by atoms with Crippen LogP contribution in [-0.4, -0.2) is 17.1 Å². The average Bonchev–Trinajstić information content (AvgIpc) is 2.54. The van der Waals surface area contributed by atoms with Crippen molar-refractivity contribution in [3.63, 3.8) is 0 Å². The van der Waals surface area contributed by atoms with Crippen LogP contribution < -0.4 is 10.1 Å². The second-order valence-corrected chi connectivity index (χ2v) is 6.00. The SMILES string of the molecule is CC(C)C(NCc1cccc(OCc2ccc(F)cc2)c1)C(=O)O. The fourth-order valence-corrected chi connectivity index (χ4v) is 2.33. The summed E-state index contributed by atoms with van der Waals surface area (Å²) in [6.45, 7) is 4.53. The van der Waals surface area contributed by atoms with Crippen molar-refractivity contribution in [2.75, 3.05) is 0 Å². The van der Waals surface area contributed by atoms with Gasteiger partial charge in [0.1, 0.15) is 24.2 Å². The highest BCUT2D eigenvalue weighted by atomic mass is 19.1. The highest BCUT2D eigenvalue weighted by Gasteiger charge is 2.20. The second kappa shape index (κ2) is 8.45. The summed E-state index contributed by atoms with van der Waals surface area (Å²) in [5.41, 5.74) is 1.82. The van der Waals surface area contributed by atoms with Crippen molar-refractivity contribution in [2.45, 2.75) is 33.0 Å². The summed E-state index contributed by atoms with van der Waals surface area (Å²) in [5.74, 6) is -0.436. The first-order valence-corrected chi connectivity index (χ1v) is 7.88. The zero-order valence-corrected chi connectivity index (χ0v) is 13.8. The number of aliphatic carboxylic acids is 1. The number of carboxylic acid groups (broad SMARTS) is 1. The van der Waals surface area contributed by atoms with E-state index in [1.54, 1.807) is 12.1 Å². The largest absolute Gasteiger partial charge is 0.489 e. The Morgan fingerprint density at radius 3 is 2.50 bits per heavy atom. The van der Waals surface area contributed by atoms with Crippen molar-refractivity contribution < 1.29 is 19.0 Å². The van der Waals surface area contributed by atoms with Crippen LogP contribution in [0.3, 0.4) is 0 Å². The third-order valence-electron chi connectivity index (χ3n) is 3.68. The van der Waals surface area contributed by atoms with Gasteiger partial charge in [0.2, 0.25) is 0 Å². The summed E-state index contributed by atoms with van der Waals surface area (Å²) in [4.78, 5) is 11.2. The number of benzene rings is 2. The Kier molecular flexibility index (Phi) is 6.32. The van der Waals surface area contributed by atoms with Crippen LogP contribution in [0.15, 0.2) is 48.5 Å². The van der Waals surface area contributed by atoms with Crippen molar-refractivity contribution >= 4 is 5.97 Å². The Balaban J connectivity index is 1.93. The molecule has 0 saturated heterocycles. The van der Waals surface area contributed by atoms with Gasteiger partial charge in [-0.05, 0) is 41.3 Å². The molecule has 0 aromatic heterocycles. The molecule has 0 spiro atoms. The Morgan fingerprint density at radius 2 is 1.88 bits per heavy atom. The molecule has 0 aliphatic carbocycles. The zero-order valence-electron chi connectivity index (χ0n) is 13.8. The quantitative estimate of drug-likeness (QED) is 0.776. The number of hydrogen-bond acceptors (Lipinski definition) is 3. The van der Waals surface area contributed by atoms with E-state index in [9.17, 15) is 14.3 Å². The summed E-state index contributed by atoms with van der Waals surface area (Å²) in [7, 11) is 0. The van der Waals surface area contributed by atoms with Crippen LogP contribution in [0.1, 0.15) is 25.0 Å². The molecule has 0 bridgehead atoms. The van der Waals surface area contributed by atoms with E-state index in [1.165, 1.54) is 12.1 Å². The lowest BCUT2D eigenvalue weighted by Crippen LogP contribution is -2.40. The number of nitrogens with one attached hydrogen (secondary N) is 1. The van der Waals surface area contributed by atoms with Crippen molar-refractivity contribution in [2.24, 2.45) is 5.92 Å². The zero-order chi connectivity index (χ0) is 17.5. The number of rotatable bonds is 8. The fraction of sp³-hybridized carbons (Fsp3) is 0.316. The molecule has 0 heterocycles. The summed E-state index contributed by atoms with van der Waals surface area (Å²) in [6.07, 6.45) is 0. The summed E-state index contributed by atoms with van der Waals surface area (Å²) in [6, 6.07) is 13.1. The lowest BCUT2D eigenvalue weighted by Gasteiger charge is -2.18. The van der Waals surface area contributed by atoms with E-state index in [0.717, 1.165) is 11.1 Å². The molecular weight excluding hydrogens is 309 g/mol. The van der Waals surface area contributed by atoms with E-state index in [1.807, 2.05) is 38.1 Å². The Hall–Kier alpha value is -2.40. The van der Waals surface area contributed by atoms with Gasteiger partial charge >= 0.3 is 5.97 Å². The molecular formula is C19H22FNO3. The lowest BCUT2D eigenvalue weighted by molar-refractivity contribution is -0.140. The van der Waals surface area contributed by atoms with Crippen LogP contribution in [0.4, 0.5) is 4.39 Å². The Morgan fingerprint density at radius 1 is 1.17 bits per heavy atom. The first-order valence-electron chi connectivity index (χ1n) is 7.88. The van der Waals surface area contributed by atoms with Gasteiger partial charge in [-0.25, -0.2) is 4.39 Å². The van der Waals surface area contributed by atoms with Crippen molar-refractivity contribution in [3.05, 3.63) is 65.5 Å². The van der Waals surface area contributed by atoms with Crippen molar-refractivity contribution in [1.29, 1.82) is 0 Å². The van der Waals surface area contributed by atoms with Crippen LogP contribution in [-0.2, 0) is 17.9 Å². The minimum absolute atomic E-state index is 0.000378. The summed E-state index contributed by atoms with van der Waals surface area (Å²) in [5, 5.41) is 12.2. The molecule has 2 N–H and O–H groups in total. The number of carboxylic acids is 1. The lowest BCUT2D eigenvalue weighted by atomic mass is 10.0. The molecule has 2 aromatic rings. The van der Waals surface area contributed by atoms with E-state index in [4.69, 9.17) is 4.74 Å². The highest BCUT2D eigenvalue weighted by molar-refractivity contribution is 5.73. The monoisotopic (exact) mass is 331 g/mol. The molecule has 128 valence electrons. The second-order valence-electron chi connectivity index (χ2n) is 6.00. The molecule has 2 aromatic carbocycles. The molecule has 1 atom stereocenters. The molecule has 1 unspecified atom stereocenters. The van der Waals surface area contributed by atoms with Crippen LogP contribution in [0, 0.1) is 11.7 Å². The van der Waals surface area contributed by atoms with Gasteiger partial charge in [-0.2, -0.15) is 0 Å². The van der Waals surface area contributed by atoms with E-state index in [0.29, 0.717) is 18.9 Å². The summed E-state index contributed by atoms with van der Waals surface area (Å²) < 4.78 is 18.6. The molecule has 4 nitrogen and oxygen atoms in total. The minimum atomic E-state index is -0.853. The molecule has 0 aliphatic rings. The summed E-state index contributed by atoms with van der Waals surface area (Å²) >= 11 is 0. The number of ether oxygens (including phenoxy) is 1. The molecule has 24 heavy (non-hydrogen) atoms. The molecule has 0 amide bonds. The smallest absolute Gasteiger partial charge is 0.320 e. The minimum Gasteiger partial charge on any atom is -0.489 e. The predicted molar refractivity (Wildman–Crippen MR) is 90.3 cm³/mol. The van der Waals surface area contributed by atoms with Gasteiger partial charge in [0.05, 0.1) is 0 Å². The van der Waals surface area contributed by atoms with Crippen molar-refractivity contribution in [3.8, 4) is 5.75 Å². The van der Waals surface area contributed by atoms with Crippen LogP contribution in [0.25, 0.3) is 0 Å². The van der Waals surface area contributed by atoms with Crippen molar-refractivity contribution in [1.82, 2.24) is 5.32 Å². The van der Waals surface area contributed by atoms with Crippen LogP contribution >= 0.6 is 0 Å². The van der Waals surface area contributed by atoms with Gasteiger partial charge in [0.15, 0.2) is 0 Å². The molecule has 0 radical (unpaired) electrons. The fourth-order valence-electron chi connectivity index (χ4n) is 2.33. The molecule has 2 rings (SSSR count). The standard InChI is InChI=1S/C19H22FNO3/c1-13(2)18(19(22)23)21-11-15-4-3-5-17(10-15)24-12-14-6-8-16(20)9-7-14/h3-10,13,18,21H,11-12H2,1-2H3,(H,22,23). The third-order valence-corrected chi connectivity index (χ3v) is 3.68. The van der Waals surface area contributed by atoms with Gasteiger partial charge in [-0.3, -0.25) is 4.79 Å². The van der Waals surface area contributed by atoms with Gasteiger partial charge in [0.25, 0.3) is 0 Å². The molecule has 0 aliphatic heterocycles. The van der Waals surface area contributed by atoms with Gasteiger partial charge in [0, 0.05) is 6.54 Å². The maximum absolute atomic E-state index is 12.9. The first kappa shape index (κ1) is 17.9. The van der Waals surface area contributed by atoms with Gasteiger partial charge < -0.3 is 15.2 Å². The predicted octanol–water partition coefficient (Wildman–Crippen LogP) is 3.60. The number of hydrogen-bond donors (Lipinski definition) is 2.